The van der Waals surface area contributed by atoms with Crippen LogP contribution in [-0.2, 0) is 6.54 Å². The van der Waals surface area contributed by atoms with Crippen LogP contribution in [0.2, 0.25) is 10.0 Å². The highest BCUT2D eigenvalue weighted by Gasteiger charge is 2.34. The fourth-order valence-corrected chi connectivity index (χ4v) is 4.00. The maximum absolute atomic E-state index is 14.6. The molecule has 1 amide bonds. The second-order valence-electron chi connectivity index (χ2n) is 7.14. The number of aliphatic imine (C=N–C) groups is 1. The number of aliphatic hydroxyl groups excluding tert-OH is 1. The Hall–Kier alpha value is -2.88. The van der Waals surface area contributed by atoms with Gasteiger partial charge >= 0.3 is 0 Å². The summed E-state index contributed by atoms with van der Waals surface area (Å²) in [6.07, 6.45) is -0.561. The van der Waals surface area contributed by atoms with Gasteiger partial charge in [0.25, 0.3) is 5.91 Å². The van der Waals surface area contributed by atoms with Crippen LogP contribution in [0.3, 0.4) is 0 Å². The number of hydrogen-bond acceptors (Lipinski definition) is 5. The van der Waals surface area contributed by atoms with Gasteiger partial charge in [0, 0.05) is 18.7 Å². The van der Waals surface area contributed by atoms with E-state index >= 15 is 0 Å². The van der Waals surface area contributed by atoms with Crippen molar-refractivity contribution in [3.63, 3.8) is 0 Å². The molecule has 0 radical (unpaired) electrons. The molecule has 0 spiro atoms. The molecule has 158 valence electrons. The zero-order valence-electron chi connectivity index (χ0n) is 15.7. The molecule has 5 rings (SSSR count). The minimum Gasteiger partial charge on any atom is -0.389 e. The number of carbonyl (C=O) groups excluding carboxylic acids is 1. The molecule has 0 saturated carbocycles. The van der Waals surface area contributed by atoms with Crippen LogP contribution in [0.5, 0.6) is 0 Å². The lowest BCUT2D eigenvalue weighted by molar-refractivity contribution is 0.00508. The van der Waals surface area contributed by atoms with Gasteiger partial charge in [-0.2, -0.15) is 0 Å². The third kappa shape index (κ3) is 3.20. The monoisotopic (exact) mass is 463 g/mol. The number of β-amino-alcohol motifs (C(OH)–C–C–N with tert-alkyl or cyclic N) is 1. The molecule has 2 aliphatic rings. The predicted molar refractivity (Wildman–Crippen MR) is 109 cm³/mol. The topological polar surface area (TPSA) is 83.6 Å². The number of aliphatic hydroxyl groups is 1. The number of rotatable bonds is 2. The Labute approximate surface area is 184 Å². The maximum Gasteiger partial charge on any atom is 0.293 e. The van der Waals surface area contributed by atoms with Crippen molar-refractivity contribution in [2.75, 3.05) is 13.1 Å². The fourth-order valence-electron chi connectivity index (χ4n) is 3.59. The number of halogens is 4. The van der Waals surface area contributed by atoms with E-state index in [1.54, 1.807) is 6.07 Å². The number of fused-ring (bicyclic) bond motifs is 3. The van der Waals surface area contributed by atoms with E-state index in [2.05, 4.69) is 15.1 Å². The molecule has 3 aromatic rings. The molecule has 1 saturated heterocycles. The number of benzene rings is 2. The van der Waals surface area contributed by atoms with Gasteiger partial charge in [0.1, 0.15) is 11.6 Å². The Morgan fingerprint density at radius 3 is 2.48 bits per heavy atom. The Kier molecular flexibility index (Phi) is 4.76. The molecule has 0 atom stereocenters. The third-order valence-electron chi connectivity index (χ3n) is 5.13. The first-order valence-corrected chi connectivity index (χ1v) is 10.0. The summed E-state index contributed by atoms with van der Waals surface area (Å²) in [5.74, 6) is -1.83. The number of aromatic nitrogens is 3. The van der Waals surface area contributed by atoms with Crippen molar-refractivity contribution in [1.82, 2.24) is 19.7 Å². The predicted octanol–water partition coefficient (Wildman–Crippen LogP) is 3.02. The number of carbonyl (C=O) groups is 1. The van der Waals surface area contributed by atoms with Gasteiger partial charge in [-0.1, -0.05) is 29.3 Å². The Balaban J connectivity index is 1.68. The van der Waals surface area contributed by atoms with Gasteiger partial charge in [0.2, 0.25) is 5.82 Å². The Morgan fingerprint density at radius 1 is 1.10 bits per heavy atom. The van der Waals surface area contributed by atoms with Crippen LogP contribution >= 0.6 is 23.2 Å². The zero-order chi connectivity index (χ0) is 21.9. The fraction of sp³-hybridized carbons (Fsp3) is 0.200. The first kappa shape index (κ1) is 20.0. The van der Waals surface area contributed by atoms with Crippen LogP contribution in [0.1, 0.15) is 27.6 Å². The van der Waals surface area contributed by atoms with E-state index < -0.39 is 23.6 Å². The largest absolute Gasteiger partial charge is 0.389 e. The molecule has 2 aliphatic heterocycles. The molecule has 0 aliphatic carbocycles. The van der Waals surface area contributed by atoms with E-state index in [1.807, 2.05) is 0 Å². The molecule has 1 fully saturated rings. The first-order valence-electron chi connectivity index (χ1n) is 9.26. The molecule has 3 heterocycles. The molecule has 0 unspecified atom stereocenters. The zero-order valence-corrected chi connectivity index (χ0v) is 17.2. The van der Waals surface area contributed by atoms with Crippen LogP contribution in [0.25, 0.3) is 5.69 Å². The standard InChI is InChI=1S/C20H13Cl2F2N5O2/c21-10-4-5-13-16(17(10)22)18(15-11(23)2-1-3-12(15)24)25-6-14-26-19(27-29(13)14)20(31)28-7-9(30)8-28/h1-5,9,30H,6-8H2. The average Bonchev–Trinajstić information content (AvgIpc) is 3.07. The second-order valence-corrected chi connectivity index (χ2v) is 7.93. The van der Waals surface area contributed by atoms with Crippen LogP contribution < -0.4 is 0 Å². The van der Waals surface area contributed by atoms with Crippen molar-refractivity contribution < 1.29 is 18.7 Å². The number of amides is 1. The Morgan fingerprint density at radius 2 is 1.81 bits per heavy atom. The second kappa shape index (κ2) is 7.37. The van der Waals surface area contributed by atoms with Gasteiger partial charge < -0.3 is 10.0 Å². The molecule has 0 bridgehead atoms. The normalized spacial score (nSPS) is 15.6. The van der Waals surface area contributed by atoms with Gasteiger partial charge in [0.05, 0.1) is 39.7 Å². The lowest BCUT2D eigenvalue weighted by atomic mass is 9.99. The lowest BCUT2D eigenvalue weighted by Crippen LogP contribution is -2.53. The van der Waals surface area contributed by atoms with E-state index in [0.29, 0.717) is 5.69 Å². The van der Waals surface area contributed by atoms with Crippen LogP contribution in [0.15, 0.2) is 35.3 Å². The highest BCUT2D eigenvalue weighted by molar-refractivity contribution is 6.45. The molecule has 11 heteroatoms. The van der Waals surface area contributed by atoms with Gasteiger partial charge in [-0.3, -0.25) is 9.79 Å². The van der Waals surface area contributed by atoms with Gasteiger partial charge in [-0.15, -0.1) is 5.10 Å². The summed E-state index contributed by atoms with van der Waals surface area (Å²) in [6.45, 7) is 0.305. The molecule has 31 heavy (non-hydrogen) atoms. The maximum atomic E-state index is 14.6. The van der Waals surface area contributed by atoms with Crippen molar-refractivity contribution in [2.45, 2.75) is 12.6 Å². The molecule has 1 N–H and O–H groups in total. The summed E-state index contributed by atoms with van der Waals surface area (Å²) in [6, 6.07) is 6.59. The highest BCUT2D eigenvalue weighted by Crippen LogP contribution is 2.35. The van der Waals surface area contributed by atoms with Crippen LogP contribution in [0, 0.1) is 11.6 Å². The SMILES string of the molecule is O=C(c1nc2n(n1)-c1ccc(Cl)c(Cl)c1C(c1c(F)cccc1F)=NC2)N1CC(O)C1. The summed E-state index contributed by atoms with van der Waals surface area (Å²) < 4.78 is 30.5. The van der Waals surface area contributed by atoms with Crippen LogP contribution in [-0.4, -0.2) is 55.6 Å². The molecule has 1 aromatic heterocycles. The summed E-state index contributed by atoms with van der Waals surface area (Å²) in [5.41, 5.74) is 0.146. The van der Waals surface area contributed by atoms with Crippen molar-refractivity contribution in [2.24, 2.45) is 4.99 Å². The summed E-state index contributed by atoms with van der Waals surface area (Å²) >= 11 is 12.6. The molecular formula is C20H13Cl2F2N5O2. The quantitative estimate of drug-likeness (QED) is 0.632. The summed E-state index contributed by atoms with van der Waals surface area (Å²) in [4.78, 5) is 22.6. The molecular weight excluding hydrogens is 451 g/mol. The number of nitrogens with zero attached hydrogens (tertiary/aromatic N) is 5. The lowest BCUT2D eigenvalue weighted by Gasteiger charge is -2.34. The van der Waals surface area contributed by atoms with Crippen LogP contribution in [0.4, 0.5) is 8.78 Å². The highest BCUT2D eigenvalue weighted by atomic mass is 35.5. The van der Waals surface area contributed by atoms with E-state index in [0.717, 1.165) is 12.1 Å². The molecule has 2 aromatic carbocycles. The number of likely N-dealkylation sites (tertiary alicyclic amines) is 1. The molecule has 7 nitrogen and oxygen atoms in total. The van der Waals surface area contributed by atoms with Crippen molar-refractivity contribution >= 4 is 34.8 Å². The van der Waals surface area contributed by atoms with Crippen molar-refractivity contribution in [3.8, 4) is 5.69 Å². The van der Waals surface area contributed by atoms with E-state index in [4.69, 9.17) is 23.2 Å². The Bertz CT molecular complexity index is 1250. The van der Waals surface area contributed by atoms with Gasteiger partial charge in [0.15, 0.2) is 5.82 Å². The average molecular weight is 464 g/mol. The third-order valence-corrected chi connectivity index (χ3v) is 5.94. The van der Waals surface area contributed by atoms with Gasteiger partial charge in [-0.25, -0.2) is 18.4 Å². The van der Waals surface area contributed by atoms with E-state index in [1.165, 1.54) is 21.7 Å². The number of hydrogen-bond donors (Lipinski definition) is 1. The minimum atomic E-state index is -0.805. The van der Waals surface area contributed by atoms with Crippen molar-refractivity contribution in [3.05, 3.63) is 74.8 Å². The minimum absolute atomic E-state index is 0.0239. The summed E-state index contributed by atoms with van der Waals surface area (Å²) in [5, 5.41) is 13.9. The smallest absolute Gasteiger partial charge is 0.293 e. The van der Waals surface area contributed by atoms with Crippen molar-refractivity contribution in [1.29, 1.82) is 0 Å². The first-order chi connectivity index (χ1) is 14.8. The van der Waals surface area contributed by atoms with E-state index in [9.17, 15) is 18.7 Å². The van der Waals surface area contributed by atoms with Gasteiger partial charge in [-0.05, 0) is 24.3 Å². The van der Waals surface area contributed by atoms with E-state index in [-0.39, 0.29) is 58.2 Å². The summed E-state index contributed by atoms with van der Waals surface area (Å²) in [7, 11) is 0.